The third-order valence-electron chi connectivity index (χ3n) is 0.134. The Morgan fingerprint density at radius 3 is 3.00 bits per heavy atom. The van der Waals surface area contributed by atoms with Crippen LogP contribution in [0.25, 0.3) is 0 Å². The van der Waals surface area contributed by atoms with Gasteiger partial charge >= 0.3 is 0 Å². The van der Waals surface area contributed by atoms with Crippen LogP contribution in [0.1, 0.15) is 14.7 Å². The van der Waals surface area contributed by atoms with Gasteiger partial charge in [-0.2, -0.15) is 0 Å². The van der Waals surface area contributed by atoms with Crippen LogP contribution in [-0.2, 0) is 0 Å². The molecular weight excluding hydrogens is 163 g/mol. The van der Waals surface area contributed by atoms with Gasteiger partial charge < -0.3 is 0 Å². The summed E-state index contributed by atoms with van der Waals surface area (Å²) in [6, 6.07) is 0. The Morgan fingerprint density at radius 2 is 3.00 bits per heavy atom. The van der Waals surface area contributed by atoms with Crippen LogP contribution in [0.5, 0.6) is 0 Å². The van der Waals surface area contributed by atoms with Crippen molar-refractivity contribution in [3.8, 4) is 0 Å². The number of hydrogen-bond donors (Lipinski definition) is 0. The van der Waals surface area contributed by atoms with Crippen LogP contribution in [0.2, 0.25) is 0 Å². The molecular formula is C3H7I. The normalized spacial score (nSPS) is 10.8. The molecule has 0 N–H and O–H groups in total. The molecule has 0 aromatic heterocycles. The Labute approximate surface area is 42.1 Å². The number of alkyl halides is 1. The average molecular weight is 171 g/mol. The lowest BCUT2D eigenvalue weighted by Gasteiger charge is -1.66. The van der Waals surface area contributed by atoms with Crippen LogP contribution in [0.15, 0.2) is 0 Å². The highest BCUT2D eigenvalue weighted by atomic mass is 127. The molecule has 26 valence electrons. The molecule has 4 heavy (non-hydrogen) atoms. The molecule has 0 unspecified atom stereocenters. The van der Waals surface area contributed by atoms with Gasteiger partial charge in [-0.3, -0.25) is 0 Å². The van der Waals surface area contributed by atoms with Crippen molar-refractivity contribution in [2.24, 2.45) is 0 Å². The summed E-state index contributed by atoms with van der Waals surface area (Å²) in [5, 5.41) is 0. The first-order valence-electron chi connectivity index (χ1n) is 1.97. The third-order valence-corrected chi connectivity index (χ3v) is 0.896. The molecule has 1 heteroatoms. The maximum absolute atomic E-state index is 6.60. The molecule has 0 aliphatic heterocycles. The summed E-state index contributed by atoms with van der Waals surface area (Å²) in [6.45, 7) is 0.586. The van der Waals surface area contributed by atoms with Crippen LogP contribution >= 0.6 is 22.6 Å². The van der Waals surface area contributed by atoms with E-state index in [1.165, 1.54) is 0 Å². The lowest BCUT2D eigenvalue weighted by atomic mass is 10.6. The molecule has 0 heterocycles. The van der Waals surface area contributed by atoms with Gasteiger partial charge in [-0.15, -0.1) is 0 Å². The zero-order valence-electron chi connectivity index (χ0n) is 3.50. The minimum atomic E-state index is 0.586. The Morgan fingerprint density at radius 1 is 2.25 bits per heavy atom. The van der Waals surface area contributed by atoms with Gasteiger partial charge in [-0.05, 0) is 10.8 Å². The van der Waals surface area contributed by atoms with Crippen LogP contribution < -0.4 is 0 Å². The van der Waals surface area contributed by atoms with Crippen molar-refractivity contribution >= 4 is 22.6 Å². The fraction of sp³-hybridized carbons (Fsp3) is 1.00. The van der Waals surface area contributed by atoms with Crippen molar-refractivity contribution in [3.05, 3.63) is 0 Å². The first kappa shape index (κ1) is 2.94. The van der Waals surface area contributed by atoms with Crippen molar-refractivity contribution in [1.82, 2.24) is 0 Å². The molecule has 0 bridgehead atoms. The average Bonchev–Trinajstić information content (AvgIpc) is 1.41. The van der Waals surface area contributed by atoms with Gasteiger partial charge in [0, 0.05) is 1.37 Å². The minimum Gasteiger partial charge on any atom is -0.0864 e. The minimum absolute atomic E-state index is 0.586. The summed E-state index contributed by atoms with van der Waals surface area (Å²) in [5.74, 6) is 0. The van der Waals surface area contributed by atoms with E-state index in [9.17, 15) is 0 Å². The van der Waals surface area contributed by atoms with Crippen molar-refractivity contribution in [2.75, 3.05) is 4.43 Å². The van der Waals surface area contributed by atoms with Gasteiger partial charge in [-0.25, -0.2) is 0 Å². The smallest absolute Gasteiger partial charge is 0.0231 e. The van der Waals surface area contributed by atoms with Gasteiger partial charge in [0.25, 0.3) is 0 Å². The second-order valence-electron chi connectivity index (χ2n) is 0.543. The summed E-state index contributed by atoms with van der Waals surface area (Å²) >= 11 is 2.27. The van der Waals surface area contributed by atoms with E-state index in [0.717, 1.165) is 10.8 Å². The summed E-state index contributed by atoms with van der Waals surface area (Å²) in [4.78, 5) is 0. The van der Waals surface area contributed by atoms with Crippen LogP contribution in [0.4, 0.5) is 0 Å². The molecule has 0 nitrogen and oxygen atoms in total. The standard InChI is InChI=1S/C3H7I/c1-2-3-4/h2-3H2,1H3/i1D. The summed E-state index contributed by atoms with van der Waals surface area (Å²) < 4.78 is 7.72. The molecule has 0 fully saturated rings. The zero-order valence-corrected chi connectivity index (χ0v) is 4.66. The summed E-state index contributed by atoms with van der Waals surface area (Å²) in [6.07, 6.45) is 1.04. The van der Waals surface area contributed by atoms with Gasteiger partial charge in [0.05, 0.1) is 0 Å². The van der Waals surface area contributed by atoms with E-state index < -0.39 is 0 Å². The molecule has 0 aliphatic rings. The Balaban J connectivity index is 2.19. The van der Waals surface area contributed by atoms with E-state index >= 15 is 0 Å². The van der Waals surface area contributed by atoms with E-state index in [0.29, 0.717) is 6.90 Å². The highest BCUT2D eigenvalue weighted by molar-refractivity contribution is 14.1. The van der Waals surface area contributed by atoms with Crippen LogP contribution in [0, 0.1) is 0 Å². The van der Waals surface area contributed by atoms with E-state index in [1.54, 1.807) is 0 Å². The highest BCUT2D eigenvalue weighted by Gasteiger charge is 1.58. The Kier molecular flexibility index (Phi) is 2.74. The quantitative estimate of drug-likeness (QED) is 0.417. The fourth-order valence-electron chi connectivity index (χ4n) is 0. The Bertz CT molecular complexity index is 14.4. The molecule has 0 aliphatic carbocycles. The van der Waals surface area contributed by atoms with Gasteiger partial charge in [-0.1, -0.05) is 29.5 Å². The molecule has 0 radical (unpaired) electrons. The fourth-order valence-corrected chi connectivity index (χ4v) is 0. The molecule has 0 saturated heterocycles. The van der Waals surface area contributed by atoms with Crippen molar-refractivity contribution in [1.29, 1.82) is 0 Å². The molecule has 0 saturated carbocycles. The molecule has 0 atom stereocenters. The topological polar surface area (TPSA) is 0 Å². The predicted octanol–water partition coefficient (Wildman–Crippen LogP) is 1.83. The highest BCUT2D eigenvalue weighted by Crippen LogP contribution is 1.81. The van der Waals surface area contributed by atoms with E-state index in [-0.39, 0.29) is 0 Å². The van der Waals surface area contributed by atoms with Crippen molar-refractivity contribution < 1.29 is 1.37 Å². The molecule has 0 aromatic rings. The second kappa shape index (κ2) is 3.73. The van der Waals surface area contributed by atoms with Crippen molar-refractivity contribution in [3.63, 3.8) is 0 Å². The Hall–Kier alpha value is 0.730. The predicted molar refractivity (Wildman–Crippen MR) is 29.2 cm³/mol. The molecule has 0 spiro atoms. The molecule has 0 amide bonds. The summed E-state index contributed by atoms with van der Waals surface area (Å²) in [7, 11) is 0. The lowest BCUT2D eigenvalue weighted by molar-refractivity contribution is 1.13. The van der Waals surface area contributed by atoms with E-state index in [4.69, 9.17) is 1.37 Å². The van der Waals surface area contributed by atoms with E-state index in [2.05, 4.69) is 22.6 Å². The monoisotopic (exact) mass is 171 g/mol. The van der Waals surface area contributed by atoms with Crippen molar-refractivity contribution in [2.45, 2.75) is 13.3 Å². The SMILES string of the molecule is [2H]CCCI. The first-order chi connectivity index (χ1) is 2.41. The zero-order chi connectivity index (χ0) is 4.12. The van der Waals surface area contributed by atoms with Gasteiger partial charge in [0.1, 0.15) is 0 Å². The van der Waals surface area contributed by atoms with Crippen LogP contribution in [-0.4, -0.2) is 4.43 Å². The molecule has 0 aromatic carbocycles. The lowest BCUT2D eigenvalue weighted by Crippen LogP contribution is -1.54. The largest absolute Gasteiger partial charge is 0.0864 e. The van der Waals surface area contributed by atoms with Gasteiger partial charge in [0.2, 0.25) is 0 Å². The maximum atomic E-state index is 6.60. The van der Waals surface area contributed by atoms with E-state index in [1.807, 2.05) is 0 Å². The maximum Gasteiger partial charge on any atom is 0.0231 e. The first-order valence-corrected chi connectivity index (χ1v) is 2.79. The number of hydrogen-bond acceptors (Lipinski definition) is 0. The second-order valence-corrected chi connectivity index (χ2v) is 1.62. The van der Waals surface area contributed by atoms with Crippen LogP contribution in [0.3, 0.4) is 0 Å². The number of rotatable bonds is 1. The van der Waals surface area contributed by atoms with Gasteiger partial charge in [0.15, 0.2) is 0 Å². The number of halogens is 1. The summed E-state index contributed by atoms with van der Waals surface area (Å²) in [5.41, 5.74) is 0. The third kappa shape index (κ3) is 2.73. The molecule has 0 rings (SSSR count).